The molecule has 0 saturated heterocycles. The van der Waals surface area contributed by atoms with E-state index in [4.69, 9.17) is 18.9 Å². The fraction of sp³-hybridized carbons (Fsp3) is 0.0959. The highest BCUT2D eigenvalue weighted by molar-refractivity contribution is 7.99. The van der Waals surface area contributed by atoms with Crippen LogP contribution in [0.2, 0.25) is 0 Å². The lowest BCUT2D eigenvalue weighted by molar-refractivity contribution is -0.139. The zero-order valence-corrected chi connectivity index (χ0v) is 47.2. The second-order valence-corrected chi connectivity index (χ2v) is 19.6. The van der Waals surface area contributed by atoms with Gasteiger partial charge in [-0.1, -0.05) is 244 Å². The van der Waals surface area contributed by atoms with Crippen LogP contribution in [0.1, 0.15) is 61.6 Å². The Morgan fingerprint density at radius 1 is 0.398 bits per heavy atom. The van der Waals surface area contributed by atoms with E-state index < -0.39 is 23.9 Å². The Balaban J connectivity index is 0.000000180. The summed E-state index contributed by atoms with van der Waals surface area (Å²) in [7, 11) is 0. The van der Waals surface area contributed by atoms with Crippen LogP contribution in [0, 0.1) is 6.92 Å². The maximum absolute atomic E-state index is 11.5. The summed E-state index contributed by atoms with van der Waals surface area (Å²) in [5, 5.41) is 9.68. The summed E-state index contributed by atoms with van der Waals surface area (Å²) in [4.78, 5) is 46.9. The van der Waals surface area contributed by atoms with Crippen LogP contribution in [0.25, 0.3) is 11.1 Å². The number of aromatic hydroxyl groups is 1. The van der Waals surface area contributed by atoms with Gasteiger partial charge in [-0.2, -0.15) is 0 Å². The number of phenolic OH excluding ortho intramolecular Hbond substituents is 1. The molecule has 0 spiro atoms. The predicted molar refractivity (Wildman–Crippen MR) is 331 cm³/mol. The maximum atomic E-state index is 11.5. The van der Waals surface area contributed by atoms with Crippen molar-refractivity contribution >= 4 is 35.6 Å². The molecule has 9 aromatic carbocycles. The molecular weight excluding hydrogens is 1050 g/mol. The molecule has 9 rings (SSSR count). The molecule has 1 N–H and O–H groups in total. The zero-order valence-electron chi connectivity index (χ0n) is 46.4. The number of aryl methyl sites for hydroxylation is 1. The highest BCUT2D eigenvalue weighted by Gasteiger charge is 2.20. The van der Waals surface area contributed by atoms with Crippen LogP contribution in [-0.4, -0.2) is 29.0 Å². The molecule has 0 aliphatic heterocycles. The number of carbonyl (C=O) groups is 4. The SMILES string of the molecule is C=CC(=O)OCc1ccc(-c2ccccc2)cc1.C=CC(=O)OCc1ccc(Sc2ccccc2)cc1.C=CC(=O)OCc1ccccc1C(c1ccc(C)cc1)c1ccc(O)cc1.C=CC(=O)OCc1ccccc1Cc1ccccc1. The van der Waals surface area contributed by atoms with Crippen LogP contribution in [0.15, 0.2) is 297 Å². The van der Waals surface area contributed by atoms with Crippen molar-refractivity contribution in [3.05, 3.63) is 343 Å². The van der Waals surface area contributed by atoms with Gasteiger partial charge in [0.1, 0.15) is 32.2 Å². The van der Waals surface area contributed by atoms with E-state index in [9.17, 15) is 24.3 Å². The summed E-state index contributed by atoms with van der Waals surface area (Å²) in [6, 6.07) is 78.0. The minimum absolute atomic E-state index is 0.0372. The first kappa shape index (κ1) is 62.2. The molecule has 1 unspecified atom stereocenters. The molecule has 0 fully saturated rings. The number of hydrogen-bond acceptors (Lipinski definition) is 10. The van der Waals surface area contributed by atoms with Crippen LogP contribution in [-0.2, 0) is 71.0 Å². The van der Waals surface area contributed by atoms with E-state index in [1.165, 1.54) is 51.5 Å². The van der Waals surface area contributed by atoms with Gasteiger partial charge in [-0.3, -0.25) is 0 Å². The molecule has 0 aliphatic carbocycles. The smallest absolute Gasteiger partial charge is 0.330 e. The molecule has 0 amide bonds. The van der Waals surface area contributed by atoms with Crippen molar-refractivity contribution in [2.45, 2.75) is 55.5 Å². The minimum Gasteiger partial charge on any atom is -0.508 e. The molecule has 0 aliphatic rings. The van der Waals surface area contributed by atoms with E-state index in [1.807, 2.05) is 152 Å². The highest BCUT2D eigenvalue weighted by atomic mass is 32.2. The van der Waals surface area contributed by atoms with Crippen LogP contribution in [0.3, 0.4) is 0 Å². The number of benzene rings is 9. The van der Waals surface area contributed by atoms with Crippen molar-refractivity contribution in [2.24, 2.45) is 0 Å². The van der Waals surface area contributed by atoms with Gasteiger partial charge in [0.2, 0.25) is 0 Å². The topological polar surface area (TPSA) is 125 Å². The van der Waals surface area contributed by atoms with Crippen molar-refractivity contribution in [2.75, 3.05) is 0 Å². The molecular formula is C73H66O9S. The largest absolute Gasteiger partial charge is 0.508 e. The number of phenols is 1. The van der Waals surface area contributed by atoms with E-state index in [2.05, 4.69) is 106 Å². The second-order valence-electron chi connectivity index (χ2n) is 18.4. The summed E-state index contributed by atoms with van der Waals surface area (Å²) in [6.45, 7) is 16.6. The van der Waals surface area contributed by atoms with Gasteiger partial charge in [-0.15, -0.1) is 0 Å². The molecule has 10 heteroatoms. The van der Waals surface area contributed by atoms with Gasteiger partial charge in [0, 0.05) is 40.0 Å². The highest BCUT2D eigenvalue weighted by Crippen LogP contribution is 2.35. The molecule has 9 aromatic rings. The molecule has 0 radical (unpaired) electrons. The maximum Gasteiger partial charge on any atom is 0.330 e. The van der Waals surface area contributed by atoms with E-state index in [0.29, 0.717) is 0 Å². The molecule has 0 saturated carbocycles. The van der Waals surface area contributed by atoms with Gasteiger partial charge in [0.05, 0.1) is 0 Å². The molecule has 0 bridgehead atoms. The summed E-state index contributed by atoms with van der Waals surface area (Å²) in [6.07, 6.45) is 5.51. The Hall–Kier alpha value is -10.0. The minimum atomic E-state index is -0.443. The molecule has 1 atom stereocenters. The Morgan fingerprint density at radius 3 is 1.30 bits per heavy atom. The lowest BCUT2D eigenvalue weighted by Gasteiger charge is -2.22. The van der Waals surface area contributed by atoms with E-state index in [-0.39, 0.29) is 38.1 Å². The van der Waals surface area contributed by atoms with Gasteiger partial charge in [0.25, 0.3) is 0 Å². The quantitative estimate of drug-likeness (QED) is 0.0341. The summed E-state index contributed by atoms with van der Waals surface area (Å²) in [5.41, 5.74) is 13.1. The molecule has 0 heterocycles. The number of hydrogen-bond donors (Lipinski definition) is 1. The zero-order chi connectivity index (χ0) is 59.0. The van der Waals surface area contributed by atoms with Gasteiger partial charge in [-0.25, -0.2) is 19.2 Å². The third-order valence-electron chi connectivity index (χ3n) is 12.5. The van der Waals surface area contributed by atoms with Gasteiger partial charge in [-0.05, 0) is 111 Å². The van der Waals surface area contributed by atoms with Crippen LogP contribution in [0.5, 0.6) is 5.75 Å². The molecule has 418 valence electrons. The Bertz CT molecular complexity index is 3440. The summed E-state index contributed by atoms with van der Waals surface area (Å²) < 4.78 is 20.3. The average molecular weight is 1120 g/mol. The van der Waals surface area contributed by atoms with Crippen LogP contribution in [0.4, 0.5) is 0 Å². The fourth-order valence-electron chi connectivity index (χ4n) is 8.16. The third-order valence-corrected chi connectivity index (χ3v) is 13.5. The first-order chi connectivity index (χ1) is 40.4. The summed E-state index contributed by atoms with van der Waals surface area (Å²) in [5.74, 6) is -1.44. The molecule has 83 heavy (non-hydrogen) atoms. The van der Waals surface area contributed by atoms with Crippen molar-refractivity contribution in [3.63, 3.8) is 0 Å². The van der Waals surface area contributed by atoms with E-state index >= 15 is 0 Å². The van der Waals surface area contributed by atoms with Crippen molar-refractivity contribution in [1.82, 2.24) is 0 Å². The number of ether oxygens (including phenoxy) is 4. The normalized spacial score (nSPS) is 10.4. The molecule has 9 nitrogen and oxygen atoms in total. The first-order valence-electron chi connectivity index (χ1n) is 26.6. The Labute approximate surface area is 491 Å². The predicted octanol–water partition coefficient (Wildman–Crippen LogP) is 16.3. The fourth-order valence-corrected chi connectivity index (χ4v) is 8.99. The standard InChI is InChI=1S/C24H22O3.C17H16O2.C16H14O2S.C16H14O2/c1-3-23(26)27-16-20-6-4-5-7-22(20)24(18-10-8-17(2)9-11-18)19-12-14-21(25)15-13-19;1-2-17(18)19-13-16-11-7-6-10-15(16)12-14-8-4-3-5-9-14;1-2-16(17)18-12-13-8-10-15(11-9-13)19-14-6-4-3-5-7-14;1-2-16(17)18-12-13-8-10-15(11-9-13)14-6-4-3-5-7-14/h3-15,24-25H,1,16H2,2H3;2-11H,1,12-13H2;2-11H,1,12H2;2-11H,1,12H2. The number of esters is 4. The second kappa shape index (κ2) is 34.2. The van der Waals surface area contributed by atoms with E-state index in [1.54, 1.807) is 23.9 Å². The third kappa shape index (κ3) is 21.5. The van der Waals surface area contributed by atoms with Gasteiger partial charge < -0.3 is 24.1 Å². The number of carbonyl (C=O) groups excluding carboxylic acids is 4. The van der Waals surface area contributed by atoms with Crippen LogP contribution >= 0.6 is 11.8 Å². The van der Waals surface area contributed by atoms with Gasteiger partial charge in [0.15, 0.2) is 0 Å². The average Bonchev–Trinajstić information content (AvgIpc) is 3.74. The monoisotopic (exact) mass is 1120 g/mol. The van der Waals surface area contributed by atoms with Gasteiger partial charge >= 0.3 is 23.9 Å². The van der Waals surface area contributed by atoms with Crippen molar-refractivity contribution < 1.29 is 43.2 Å². The Morgan fingerprint density at radius 2 is 0.783 bits per heavy atom. The number of rotatable bonds is 20. The lowest BCUT2D eigenvalue weighted by atomic mass is 9.82. The summed E-state index contributed by atoms with van der Waals surface area (Å²) >= 11 is 1.70. The Kier molecular flexibility index (Phi) is 25.6. The van der Waals surface area contributed by atoms with Crippen molar-refractivity contribution in [1.29, 1.82) is 0 Å². The first-order valence-corrected chi connectivity index (χ1v) is 27.4. The van der Waals surface area contributed by atoms with E-state index in [0.717, 1.165) is 55.8 Å². The van der Waals surface area contributed by atoms with Crippen LogP contribution < -0.4 is 0 Å². The molecule has 0 aromatic heterocycles. The van der Waals surface area contributed by atoms with Crippen molar-refractivity contribution in [3.8, 4) is 16.9 Å². The lowest BCUT2D eigenvalue weighted by Crippen LogP contribution is -2.09.